The van der Waals surface area contributed by atoms with Gasteiger partial charge in [-0.1, -0.05) is 46.3 Å². The minimum Gasteiger partial charge on any atom is -0.507 e. The molecule has 0 radical (unpaired) electrons. The summed E-state index contributed by atoms with van der Waals surface area (Å²) in [6.45, 7) is 0. The van der Waals surface area contributed by atoms with Gasteiger partial charge >= 0.3 is 0 Å². The van der Waals surface area contributed by atoms with Gasteiger partial charge in [-0.15, -0.1) is 0 Å². The Hall–Kier alpha value is -2.47. The molecule has 1 N–H and O–H groups in total. The Bertz CT molecular complexity index is 785. The van der Waals surface area contributed by atoms with Gasteiger partial charge in [0.15, 0.2) is 5.69 Å². The Kier molecular flexibility index (Phi) is 3.79. The molecule has 104 valence electrons. The number of hydrogen-bond donors (Lipinski definition) is 1. The first-order valence-corrected chi connectivity index (χ1v) is 6.94. The molecule has 21 heavy (non-hydrogen) atoms. The lowest BCUT2D eigenvalue weighted by Crippen LogP contribution is -1.83. The molecule has 1 aromatic heterocycles. The van der Waals surface area contributed by atoms with Crippen LogP contribution in [0.4, 0.5) is 5.82 Å². The summed E-state index contributed by atoms with van der Waals surface area (Å²) in [6, 6.07) is 14.6. The quantitative estimate of drug-likeness (QED) is 0.730. The van der Waals surface area contributed by atoms with Crippen LogP contribution >= 0.6 is 15.9 Å². The summed E-state index contributed by atoms with van der Waals surface area (Å²) in [7, 11) is 0. The van der Waals surface area contributed by atoms with E-state index in [4.69, 9.17) is 4.63 Å². The molecule has 2 aromatic carbocycles. The van der Waals surface area contributed by atoms with E-state index in [1.54, 1.807) is 18.2 Å². The molecule has 0 bridgehead atoms. The maximum absolute atomic E-state index is 9.78. The number of aromatic hydroxyl groups is 1. The predicted molar refractivity (Wildman–Crippen MR) is 82.8 cm³/mol. The molecule has 0 aliphatic rings. The molecule has 0 spiro atoms. The lowest BCUT2D eigenvalue weighted by molar-refractivity contribution is 0.310. The molecule has 0 atom stereocenters. The van der Waals surface area contributed by atoms with Crippen LogP contribution in [-0.4, -0.2) is 21.6 Å². The SMILES string of the molecule is Oc1ccc(Br)cc1C=Nc1nonc1-c1ccccc1. The Morgan fingerprint density at radius 2 is 1.90 bits per heavy atom. The van der Waals surface area contributed by atoms with Crippen LogP contribution in [0.2, 0.25) is 0 Å². The van der Waals surface area contributed by atoms with Crippen LogP contribution < -0.4 is 0 Å². The Morgan fingerprint density at radius 3 is 2.71 bits per heavy atom. The van der Waals surface area contributed by atoms with E-state index in [1.807, 2.05) is 30.3 Å². The van der Waals surface area contributed by atoms with Crippen molar-refractivity contribution in [2.75, 3.05) is 0 Å². The van der Waals surface area contributed by atoms with Crippen molar-refractivity contribution in [1.29, 1.82) is 0 Å². The van der Waals surface area contributed by atoms with E-state index < -0.39 is 0 Å². The van der Waals surface area contributed by atoms with Crippen LogP contribution in [0.15, 0.2) is 62.6 Å². The molecule has 3 rings (SSSR count). The zero-order chi connectivity index (χ0) is 14.7. The molecule has 1 heterocycles. The van der Waals surface area contributed by atoms with Gasteiger partial charge in [0.25, 0.3) is 0 Å². The second-order valence-electron chi connectivity index (χ2n) is 4.26. The van der Waals surface area contributed by atoms with Crippen molar-refractivity contribution < 1.29 is 9.74 Å². The minimum atomic E-state index is 0.139. The second-order valence-corrected chi connectivity index (χ2v) is 5.18. The van der Waals surface area contributed by atoms with E-state index in [-0.39, 0.29) is 5.75 Å². The van der Waals surface area contributed by atoms with E-state index in [0.717, 1.165) is 10.0 Å². The summed E-state index contributed by atoms with van der Waals surface area (Å²) in [4.78, 5) is 4.24. The number of rotatable bonds is 3. The lowest BCUT2D eigenvalue weighted by Gasteiger charge is -1.99. The van der Waals surface area contributed by atoms with Gasteiger partial charge in [-0.2, -0.15) is 0 Å². The van der Waals surface area contributed by atoms with E-state index in [1.165, 1.54) is 6.21 Å². The highest BCUT2D eigenvalue weighted by molar-refractivity contribution is 9.10. The van der Waals surface area contributed by atoms with Crippen molar-refractivity contribution in [3.63, 3.8) is 0 Å². The highest BCUT2D eigenvalue weighted by Gasteiger charge is 2.10. The van der Waals surface area contributed by atoms with E-state index in [9.17, 15) is 5.11 Å². The zero-order valence-corrected chi connectivity index (χ0v) is 12.4. The third kappa shape index (κ3) is 3.00. The number of aromatic nitrogens is 2. The predicted octanol–water partition coefficient (Wildman–Crippen LogP) is 3.96. The van der Waals surface area contributed by atoms with Crippen molar-refractivity contribution in [3.8, 4) is 17.0 Å². The number of phenols is 1. The smallest absolute Gasteiger partial charge is 0.224 e. The van der Waals surface area contributed by atoms with Gasteiger partial charge in [-0.3, -0.25) is 0 Å². The molecular weight excluding hydrogens is 334 g/mol. The molecule has 5 nitrogen and oxygen atoms in total. The van der Waals surface area contributed by atoms with Crippen molar-refractivity contribution in [2.24, 2.45) is 4.99 Å². The Morgan fingerprint density at radius 1 is 1.10 bits per heavy atom. The van der Waals surface area contributed by atoms with Crippen LogP contribution in [-0.2, 0) is 0 Å². The number of aliphatic imine (C=N–C) groups is 1. The fourth-order valence-corrected chi connectivity index (χ4v) is 2.18. The molecule has 0 aliphatic carbocycles. The summed E-state index contributed by atoms with van der Waals surface area (Å²) in [5, 5.41) is 17.4. The number of phenolic OH excluding ortho intramolecular Hbond substituents is 1. The molecule has 0 saturated heterocycles. The first-order valence-electron chi connectivity index (χ1n) is 6.14. The van der Waals surface area contributed by atoms with Gasteiger partial charge < -0.3 is 5.11 Å². The molecule has 3 aromatic rings. The van der Waals surface area contributed by atoms with Crippen LogP contribution in [0, 0.1) is 0 Å². The molecule has 0 unspecified atom stereocenters. The number of benzene rings is 2. The topological polar surface area (TPSA) is 71.5 Å². The summed E-state index contributed by atoms with van der Waals surface area (Å²) >= 11 is 3.35. The minimum absolute atomic E-state index is 0.139. The van der Waals surface area contributed by atoms with Gasteiger partial charge in [0, 0.05) is 21.8 Å². The lowest BCUT2D eigenvalue weighted by atomic mass is 10.1. The van der Waals surface area contributed by atoms with Gasteiger partial charge in [0.2, 0.25) is 5.82 Å². The summed E-state index contributed by atoms with van der Waals surface area (Å²) < 4.78 is 5.61. The standard InChI is InChI=1S/C15H10BrN3O2/c16-12-6-7-13(20)11(8-12)9-17-15-14(18-21-19-15)10-4-2-1-3-5-10/h1-9,20H. The van der Waals surface area contributed by atoms with E-state index >= 15 is 0 Å². The highest BCUT2D eigenvalue weighted by Crippen LogP contribution is 2.27. The maximum Gasteiger partial charge on any atom is 0.224 e. The third-order valence-corrected chi connectivity index (χ3v) is 3.33. The largest absolute Gasteiger partial charge is 0.507 e. The van der Waals surface area contributed by atoms with Crippen LogP contribution in [0.1, 0.15) is 5.56 Å². The number of halogens is 1. The first kappa shape index (κ1) is 13.5. The number of hydrogen-bond acceptors (Lipinski definition) is 5. The fourth-order valence-electron chi connectivity index (χ4n) is 1.81. The molecule has 0 aliphatic heterocycles. The molecular formula is C15H10BrN3O2. The van der Waals surface area contributed by atoms with Crippen molar-refractivity contribution in [3.05, 3.63) is 58.6 Å². The van der Waals surface area contributed by atoms with Crippen LogP contribution in [0.5, 0.6) is 5.75 Å². The fraction of sp³-hybridized carbons (Fsp3) is 0. The first-order chi connectivity index (χ1) is 10.2. The molecule has 0 saturated carbocycles. The zero-order valence-electron chi connectivity index (χ0n) is 10.8. The molecule has 0 amide bonds. The maximum atomic E-state index is 9.78. The summed E-state index contributed by atoms with van der Waals surface area (Å²) in [5.41, 5.74) is 2.00. The van der Waals surface area contributed by atoms with Gasteiger partial charge in [-0.25, -0.2) is 9.62 Å². The summed E-state index contributed by atoms with van der Waals surface area (Å²) in [5.74, 6) is 0.500. The van der Waals surface area contributed by atoms with Gasteiger partial charge in [0.1, 0.15) is 5.75 Å². The van der Waals surface area contributed by atoms with E-state index in [2.05, 4.69) is 31.2 Å². The van der Waals surface area contributed by atoms with Gasteiger partial charge in [0.05, 0.1) is 0 Å². The monoisotopic (exact) mass is 343 g/mol. The molecule has 0 fully saturated rings. The van der Waals surface area contributed by atoms with Crippen LogP contribution in [0.25, 0.3) is 11.3 Å². The van der Waals surface area contributed by atoms with Crippen molar-refractivity contribution in [1.82, 2.24) is 10.3 Å². The van der Waals surface area contributed by atoms with Crippen molar-refractivity contribution in [2.45, 2.75) is 0 Å². The normalized spacial score (nSPS) is 11.1. The Labute approximate surface area is 129 Å². The highest BCUT2D eigenvalue weighted by atomic mass is 79.9. The average Bonchev–Trinajstić information content (AvgIpc) is 2.97. The van der Waals surface area contributed by atoms with Crippen molar-refractivity contribution >= 4 is 28.0 Å². The van der Waals surface area contributed by atoms with E-state index in [0.29, 0.717) is 17.1 Å². The Balaban J connectivity index is 1.94. The average molecular weight is 344 g/mol. The second kappa shape index (κ2) is 5.88. The third-order valence-electron chi connectivity index (χ3n) is 2.83. The van der Waals surface area contributed by atoms with Gasteiger partial charge in [-0.05, 0) is 28.5 Å². The summed E-state index contributed by atoms with van der Waals surface area (Å²) in [6.07, 6.45) is 1.52. The molecule has 6 heteroatoms. The number of nitrogens with zero attached hydrogens (tertiary/aromatic N) is 3. The van der Waals surface area contributed by atoms with Crippen LogP contribution in [0.3, 0.4) is 0 Å².